The lowest BCUT2D eigenvalue weighted by Crippen LogP contribution is -2.17. The van der Waals surface area contributed by atoms with Gasteiger partial charge in [0.05, 0.1) is 0 Å². The van der Waals surface area contributed by atoms with Crippen molar-refractivity contribution in [2.24, 2.45) is 4.99 Å². The number of aliphatic carboxylic acids is 1. The van der Waals surface area contributed by atoms with Crippen molar-refractivity contribution in [2.75, 3.05) is 0 Å². The third kappa shape index (κ3) is 5.89. The third-order valence-corrected chi connectivity index (χ3v) is 1.32. The van der Waals surface area contributed by atoms with Crippen LogP contribution in [0.3, 0.4) is 0 Å². The Morgan fingerprint density at radius 2 is 2.25 bits per heavy atom. The highest BCUT2D eigenvalue weighted by Gasteiger charge is 2.14. The van der Waals surface area contributed by atoms with Gasteiger partial charge in [-0.15, -0.1) is 12.4 Å². The molecule has 0 aromatic rings. The van der Waals surface area contributed by atoms with E-state index >= 15 is 0 Å². The van der Waals surface area contributed by atoms with Gasteiger partial charge in [-0.25, -0.2) is 9.59 Å². The number of carboxylic acid groups (broad SMARTS) is 1. The summed E-state index contributed by atoms with van der Waals surface area (Å²) < 4.78 is 0. The van der Waals surface area contributed by atoms with E-state index < -0.39 is 12.0 Å². The molecular formula is C7H12ClNO3. The Morgan fingerprint density at radius 1 is 1.67 bits per heavy atom. The number of hydrogen-bond acceptors (Lipinski definition) is 3. The highest BCUT2D eigenvalue weighted by atomic mass is 35.5. The zero-order chi connectivity index (χ0) is 8.69. The van der Waals surface area contributed by atoms with E-state index in [-0.39, 0.29) is 12.4 Å². The van der Waals surface area contributed by atoms with Crippen molar-refractivity contribution in [3.05, 3.63) is 0 Å². The van der Waals surface area contributed by atoms with Gasteiger partial charge < -0.3 is 5.11 Å². The third-order valence-electron chi connectivity index (χ3n) is 1.32. The number of nitrogens with zero attached hydrogens (tertiary/aromatic N) is 1. The molecule has 0 bridgehead atoms. The van der Waals surface area contributed by atoms with Crippen LogP contribution in [0.15, 0.2) is 4.99 Å². The maximum atomic E-state index is 10.3. The molecule has 0 saturated carbocycles. The highest BCUT2D eigenvalue weighted by molar-refractivity contribution is 5.85. The van der Waals surface area contributed by atoms with Crippen molar-refractivity contribution >= 4 is 24.5 Å². The Labute approximate surface area is 77.1 Å². The molecule has 0 radical (unpaired) electrons. The molecule has 0 saturated heterocycles. The quantitative estimate of drug-likeness (QED) is 0.530. The molecule has 0 rings (SSSR count). The van der Waals surface area contributed by atoms with Gasteiger partial charge in [-0.1, -0.05) is 19.8 Å². The topological polar surface area (TPSA) is 66.7 Å². The van der Waals surface area contributed by atoms with Crippen LogP contribution in [0.25, 0.3) is 0 Å². The van der Waals surface area contributed by atoms with Crippen LogP contribution in [0.4, 0.5) is 0 Å². The molecule has 0 spiro atoms. The van der Waals surface area contributed by atoms with Crippen molar-refractivity contribution in [3.8, 4) is 0 Å². The van der Waals surface area contributed by atoms with Crippen molar-refractivity contribution in [1.82, 2.24) is 0 Å². The summed E-state index contributed by atoms with van der Waals surface area (Å²) in [6.45, 7) is 1.95. The number of carbonyl (C=O) groups is 1. The molecule has 0 aromatic heterocycles. The SMILES string of the molecule is CCCCC(N=C=O)C(=O)O.Cl. The zero-order valence-electron chi connectivity index (χ0n) is 6.82. The van der Waals surface area contributed by atoms with Gasteiger partial charge in [0, 0.05) is 0 Å². The molecule has 5 heteroatoms. The van der Waals surface area contributed by atoms with E-state index in [1.165, 1.54) is 6.08 Å². The molecule has 0 aliphatic heterocycles. The Balaban J connectivity index is 0. The van der Waals surface area contributed by atoms with E-state index in [4.69, 9.17) is 5.11 Å². The minimum absolute atomic E-state index is 0. The smallest absolute Gasteiger partial charge is 0.329 e. The summed E-state index contributed by atoms with van der Waals surface area (Å²) in [5, 5.41) is 8.46. The fraction of sp³-hybridized carbons (Fsp3) is 0.714. The van der Waals surface area contributed by atoms with E-state index in [9.17, 15) is 9.59 Å². The number of halogens is 1. The van der Waals surface area contributed by atoms with E-state index in [0.717, 1.165) is 12.8 Å². The van der Waals surface area contributed by atoms with Crippen molar-refractivity contribution in [3.63, 3.8) is 0 Å². The molecule has 70 valence electrons. The van der Waals surface area contributed by atoms with E-state index in [0.29, 0.717) is 6.42 Å². The van der Waals surface area contributed by atoms with Crippen LogP contribution < -0.4 is 0 Å². The van der Waals surface area contributed by atoms with Gasteiger partial charge >= 0.3 is 5.97 Å². The molecule has 1 N–H and O–H groups in total. The molecule has 0 aliphatic carbocycles. The fourth-order valence-corrected chi connectivity index (χ4v) is 0.704. The second-order valence-corrected chi connectivity index (χ2v) is 2.22. The van der Waals surface area contributed by atoms with Gasteiger partial charge in [-0.05, 0) is 6.42 Å². The lowest BCUT2D eigenvalue weighted by Gasteiger charge is -2.01. The average Bonchev–Trinajstić information content (AvgIpc) is 1.97. The minimum Gasteiger partial charge on any atom is -0.480 e. The maximum absolute atomic E-state index is 10.3. The second-order valence-electron chi connectivity index (χ2n) is 2.22. The first kappa shape index (κ1) is 13.7. The molecule has 0 aromatic carbocycles. The Morgan fingerprint density at radius 3 is 2.58 bits per heavy atom. The Bertz CT molecular complexity index is 175. The van der Waals surface area contributed by atoms with Gasteiger partial charge in [0.25, 0.3) is 0 Å². The van der Waals surface area contributed by atoms with Crippen LogP contribution in [-0.2, 0) is 9.59 Å². The number of hydrogen-bond donors (Lipinski definition) is 1. The molecule has 0 fully saturated rings. The van der Waals surface area contributed by atoms with Gasteiger partial charge in [0.2, 0.25) is 6.08 Å². The molecule has 0 amide bonds. The molecule has 12 heavy (non-hydrogen) atoms. The molecule has 4 nitrogen and oxygen atoms in total. The first-order chi connectivity index (χ1) is 5.22. The Hall–Kier alpha value is -0.860. The number of unbranched alkanes of at least 4 members (excludes halogenated alkanes) is 1. The number of carboxylic acids is 1. The number of isocyanates is 1. The summed E-state index contributed by atoms with van der Waals surface area (Å²) >= 11 is 0. The van der Waals surface area contributed by atoms with Crippen LogP contribution in [-0.4, -0.2) is 23.2 Å². The average molecular weight is 194 g/mol. The highest BCUT2D eigenvalue weighted by Crippen LogP contribution is 2.03. The fourth-order valence-electron chi connectivity index (χ4n) is 0.704. The van der Waals surface area contributed by atoms with Crippen LogP contribution in [0.2, 0.25) is 0 Å². The first-order valence-electron chi connectivity index (χ1n) is 3.52. The molecule has 1 unspecified atom stereocenters. The van der Waals surface area contributed by atoms with Crippen LogP contribution in [0.1, 0.15) is 26.2 Å². The summed E-state index contributed by atoms with van der Waals surface area (Å²) in [5.74, 6) is -1.05. The summed E-state index contributed by atoms with van der Waals surface area (Å²) in [6, 6.07) is -0.896. The molecular weight excluding hydrogens is 182 g/mol. The lowest BCUT2D eigenvalue weighted by molar-refractivity contribution is -0.138. The van der Waals surface area contributed by atoms with Crippen molar-refractivity contribution in [1.29, 1.82) is 0 Å². The second kappa shape index (κ2) is 8.24. The van der Waals surface area contributed by atoms with Crippen molar-refractivity contribution < 1.29 is 14.7 Å². The predicted octanol–water partition coefficient (Wildman–Crippen LogP) is 1.39. The van der Waals surface area contributed by atoms with E-state index in [1.807, 2.05) is 6.92 Å². The summed E-state index contributed by atoms with van der Waals surface area (Å²) in [7, 11) is 0. The van der Waals surface area contributed by atoms with Crippen LogP contribution >= 0.6 is 12.4 Å². The van der Waals surface area contributed by atoms with Gasteiger partial charge in [0.1, 0.15) is 0 Å². The number of rotatable bonds is 5. The summed E-state index contributed by atoms with van der Waals surface area (Å²) in [4.78, 5) is 23.2. The molecule has 0 heterocycles. The monoisotopic (exact) mass is 193 g/mol. The van der Waals surface area contributed by atoms with Crippen LogP contribution in [0, 0.1) is 0 Å². The maximum Gasteiger partial charge on any atom is 0.329 e. The standard InChI is InChI=1S/C7H11NO3.ClH/c1-2-3-4-6(7(10)11)8-5-9;/h6H,2-4H2,1H3,(H,10,11);1H. The number of carbonyl (C=O) groups excluding carboxylic acids is 1. The predicted molar refractivity (Wildman–Crippen MR) is 46.3 cm³/mol. The van der Waals surface area contributed by atoms with E-state index in [1.54, 1.807) is 0 Å². The van der Waals surface area contributed by atoms with Gasteiger partial charge in [0.15, 0.2) is 6.04 Å². The van der Waals surface area contributed by atoms with Crippen LogP contribution in [0.5, 0.6) is 0 Å². The first-order valence-corrected chi connectivity index (χ1v) is 3.52. The summed E-state index contributed by atoms with van der Waals surface area (Å²) in [6.07, 6.45) is 3.34. The molecule has 1 atom stereocenters. The van der Waals surface area contributed by atoms with Gasteiger partial charge in [-0.2, -0.15) is 4.99 Å². The lowest BCUT2D eigenvalue weighted by atomic mass is 10.1. The Kier molecular flexibility index (Phi) is 9.41. The van der Waals surface area contributed by atoms with Gasteiger partial charge in [-0.3, -0.25) is 0 Å². The zero-order valence-corrected chi connectivity index (χ0v) is 7.63. The number of aliphatic imine (C=N–C) groups is 1. The minimum atomic E-state index is -1.05. The van der Waals surface area contributed by atoms with E-state index in [2.05, 4.69) is 4.99 Å². The summed E-state index contributed by atoms with van der Waals surface area (Å²) in [5.41, 5.74) is 0. The molecule has 0 aliphatic rings. The normalized spacial score (nSPS) is 10.8. The largest absolute Gasteiger partial charge is 0.480 e. The van der Waals surface area contributed by atoms with Crippen molar-refractivity contribution in [2.45, 2.75) is 32.2 Å².